The Morgan fingerprint density at radius 3 is 2.90 bits per heavy atom. The van der Waals surface area contributed by atoms with E-state index in [1.807, 2.05) is 6.07 Å². The Labute approximate surface area is 133 Å². The van der Waals surface area contributed by atoms with Crippen molar-refractivity contribution in [1.82, 2.24) is 0 Å². The van der Waals surface area contributed by atoms with Gasteiger partial charge in [0.1, 0.15) is 5.82 Å². The zero-order valence-corrected chi connectivity index (χ0v) is 13.7. The molecule has 1 aromatic carbocycles. The van der Waals surface area contributed by atoms with Crippen molar-refractivity contribution < 1.29 is 4.39 Å². The molecule has 0 aromatic heterocycles. The minimum atomic E-state index is -0.0790. The fourth-order valence-corrected chi connectivity index (χ4v) is 4.87. The van der Waals surface area contributed by atoms with Gasteiger partial charge in [-0.2, -0.15) is 0 Å². The lowest BCUT2D eigenvalue weighted by molar-refractivity contribution is 0.215. The number of rotatable bonds is 0. The van der Waals surface area contributed by atoms with Gasteiger partial charge < -0.3 is 10.2 Å². The van der Waals surface area contributed by atoms with Crippen LogP contribution in [0.1, 0.15) is 38.5 Å². The van der Waals surface area contributed by atoms with E-state index in [-0.39, 0.29) is 5.82 Å². The Morgan fingerprint density at radius 1 is 1.15 bits per heavy atom. The topological polar surface area (TPSA) is 15.3 Å². The maximum absolute atomic E-state index is 14.0. The molecule has 4 heteroatoms. The predicted molar refractivity (Wildman–Crippen MR) is 88.9 cm³/mol. The van der Waals surface area contributed by atoms with Gasteiger partial charge in [-0.25, -0.2) is 4.39 Å². The third kappa shape index (κ3) is 2.02. The highest BCUT2D eigenvalue weighted by Crippen LogP contribution is 2.45. The number of halogens is 2. The summed E-state index contributed by atoms with van der Waals surface area (Å²) < 4.78 is 14.7. The first kappa shape index (κ1) is 13.2. The fraction of sp³-hybridized carbons (Fsp3) is 0.625. The van der Waals surface area contributed by atoms with Crippen molar-refractivity contribution in [2.75, 3.05) is 16.8 Å². The van der Waals surface area contributed by atoms with Gasteiger partial charge >= 0.3 is 0 Å². The van der Waals surface area contributed by atoms with Crippen LogP contribution in [0.2, 0.25) is 0 Å². The first-order chi connectivity index (χ1) is 9.74. The summed E-state index contributed by atoms with van der Waals surface area (Å²) in [5.41, 5.74) is 2.23. The zero-order valence-electron chi connectivity index (χ0n) is 11.5. The molecule has 2 fully saturated rings. The number of piperidine rings is 1. The zero-order chi connectivity index (χ0) is 13.7. The van der Waals surface area contributed by atoms with Gasteiger partial charge in [-0.15, -0.1) is 0 Å². The summed E-state index contributed by atoms with van der Waals surface area (Å²) >= 11 is 2.08. The third-order valence-electron chi connectivity index (χ3n) is 5.34. The second-order valence-corrected chi connectivity index (χ2v) is 7.58. The third-order valence-corrected chi connectivity index (χ3v) is 6.16. The second kappa shape index (κ2) is 5.04. The number of benzene rings is 1. The molecule has 2 heterocycles. The van der Waals surface area contributed by atoms with Crippen molar-refractivity contribution >= 4 is 34.0 Å². The Kier molecular flexibility index (Phi) is 3.32. The first-order valence-electron chi connectivity index (χ1n) is 7.75. The summed E-state index contributed by atoms with van der Waals surface area (Å²) in [4.78, 5) is 2.57. The highest BCUT2D eigenvalue weighted by molar-refractivity contribution is 14.1. The number of hydrogen-bond donors (Lipinski definition) is 1. The number of nitrogens with one attached hydrogen (secondary N) is 1. The molecular weight excluding hydrogens is 366 g/mol. The van der Waals surface area contributed by atoms with E-state index >= 15 is 0 Å². The summed E-state index contributed by atoms with van der Waals surface area (Å²) in [7, 11) is 0. The summed E-state index contributed by atoms with van der Waals surface area (Å²) in [5, 5.41) is 3.51. The quantitative estimate of drug-likeness (QED) is 0.666. The van der Waals surface area contributed by atoms with Gasteiger partial charge in [0.2, 0.25) is 0 Å². The minimum absolute atomic E-state index is 0.0790. The van der Waals surface area contributed by atoms with Crippen molar-refractivity contribution in [1.29, 1.82) is 0 Å². The highest BCUT2D eigenvalue weighted by atomic mass is 127. The van der Waals surface area contributed by atoms with Crippen molar-refractivity contribution in [2.24, 2.45) is 5.92 Å². The maximum atomic E-state index is 14.0. The molecule has 108 valence electrons. The number of hydrogen-bond acceptors (Lipinski definition) is 2. The first-order valence-corrected chi connectivity index (χ1v) is 8.83. The largest absolute Gasteiger partial charge is 0.381 e. The maximum Gasteiger partial charge on any atom is 0.138 e. The Hall–Kier alpha value is -0.520. The van der Waals surface area contributed by atoms with E-state index in [1.165, 1.54) is 38.5 Å². The predicted octanol–water partition coefficient (Wildman–Crippen LogP) is 4.38. The van der Waals surface area contributed by atoms with Crippen LogP contribution in [-0.2, 0) is 0 Å². The van der Waals surface area contributed by atoms with Crippen molar-refractivity contribution in [3.63, 3.8) is 0 Å². The fourth-order valence-electron chi connectivity index (χ4n) is 4.40. The Bertz CT molecular complexity index is 533. The van der Waals surface area contributed by atoms with Gasteiger partial charge in [-0.3, -0.25) is 0 Å². The van der Waals surface area contributed by atoms with E-state index in [2.05, 4.69) is 32.8 Å². The standard InChI is InChI=1S/C16H20FIN2/c17-12-7-16-14(8-13(12)18)19-9-11-6-5-10-3-1-2-4-15(10)20(11)16/h7-8,10-11,15,19H,1-6,9H2. The molecule has 20 heavy (non-hydrogen) atoms. The van der Waals surface area contributed by atoms with Crippen molar-refractivity contribution in [2.45, 2.75) is 50.6 Å². The van der Waals surface area contributed by atoms with Crippen LogP contribution in [0.25, 0.3) is 0 Å². The van der Waals surface area contributed by atoms with Crippen LogP contribution in [0.3, 0.4) is 0 Å². The van der Waals surface area contributed by atoms with E-state index in [9.17, 15) is 4.39 Å². The summed E-state index contributed by atoms with van der Waals surface area (Å²) in [6.07, 6.45) is 7.97. The van der Waals surface area contributed by atoms with Gasteiger partial charge in [-0.1, -0.05) is 12.8 Å². The molecule has 3 unspecified atom stereocenters. The van der Waals surface area contributed by atoms with Crippen LogP contribution in [0.4, 0.5) is 15.8 Å². The normalized spacial score (nSPS) is 31.9. The summed E-state index contributed by atoms with van der Waals surface area (Å²) in [6.45, 7) is 1.01. The van der Waals surface area contributed by atoms with Crippen LogP contribution < -0.4 is 10.2 Å². The van der Waals surface area contributed by atoms with Gasteiger partial charge in [0.15, 0.2) is 0 Å². The van der Waals surface area contributed by atoms with Crippen LogP contribution in [-0.4, -0.2) is 18.6 Å². The van der Waals surface area contributed by atoms with Gasteiger partial charge in [-0.05, 0) is 60.3 Å². The molecule has 1 aliphatic carbocycles. The number of nitrogens with zero attached hydrogens (tertiary/aromatic N) is 1. The number of fused-ring (bicyclic) bond motifs is 5. The molecule has 0 spiro atoms. The van der Waals surface area contributed by atoms with Crippen LogP contribution in [0.15, 0.2) is 12.1 Å². The molecule has 1 saturated carbocycles. The monoisotopic (exact) mass is 386 g/mol. The van der Waals surface area contributed by atoms with Crippen molar-refractivity contribution in [3.8, 4) is 0 Å². The van der Waals surface area contributed by atoms with E-state index < -0.39 is 0 Å². The van der Waals surface area contributed by atoms with Crippen LogP contribution in [0.5, 0.6) is 0 Å². The molecule has 2 nitrogen and oxygen atoms in total. The molecule has 4 rings (SSSR count). The molecular formula is C16H20FIN2. The lowest BCUT2D eigenvalue weighted by Crippen LogP contribution is -2.56. The Balaban J connectivity index is 1.77. The van der Waals surface area contributed by atoms with Crippen molar-refractivity contribution in [3.05, 3.63) is 21.5 Å². The second-order valence-electron chi connectivity index (χ2n) is 6.41. The molecule has 0 bridgehead atoms. The molecule has 0 radical (unpaired) electrons. The summed E-state index contributed by atoms with van der Waals surface area (Å²) in [6, 6.07) is 4.92. The average molecular weight is 386 g/mol. The molecule has 2 aliphatic heterocycles. The van der Waals surface area contributed by atoms with E-state index in [4.69, 9.17) is 0 Å². The van der Waals surface area contributed by atoms with Gasteiger partial charge in [0, 0.05) is 24.7 Å². The smallest absolute Gasteiger partial charge is 0.138 e. The Morgan fingerprint density at radius 2 is 2.00 bits per heavy atom. The minimum Gasteiger partial charge on any atom is -0.381 e. The van der Waals surface area contributed by atoms with Crippen LogP contribution >= 0.6 is 22.6 Å². The molecule has 3 atom stereocenters. The highest BCUT2D eigenvalue weighted by Gasteiger charge is 2.41. The average Bonchev–Trinajstić information content (AvgIpc) is 2.48. The van der Waals surface area contributed by atoms with E-state index in [0.29, 0.717) is 15.7 Å². The lowest BCUT2D eigenvalue weighted by Gasteiger charge is -2.52. The van der Waals surface area contributed by atoms with E-state index in [0.717, 1.165) is 23.8 Å². The molecule has 3 aliphatic rings. The van der Waals surface area contributed by atoms with Gasteiger partial charge in [0.05, 0.1) is 14.9 Å². The molecule has 1 N–H and O–H groups in total. The molecule has 1 aromatic rings. The summed E-state index contributed by atoms with van der Waals surface area (Å²) in [5.74, 6) is 0.748. The SMILES string of the molecule is Fc1cc2c(cc1I)NCC1CCC3CCCCC3N21. The van der Waals surface area contributed by atoms with Crippen LogP contribution in [0, 0.1) is 15.3 Å². The molecule has 0 amide bonds. The van der Waals surface area contributed by atoms with Gasteiger partial charge in [0.25, 0.3) is 0 Å². The number of anilines is 2. The van der Waals surface area contributed by atoms with E-state index in [1.54, 1.807) is 6.07 Å². The lowest BCUT2D eigenvalue weighted by atomic mass is 9.75. The molecule has 1 saturated heterocycles.